The van der Waals surface area contributed by atoms with Crippen molar-refractivity contribution in [2.24, 2.45) is 0 Å². The molecule has 1 fully saturated rings. The minimum Gasteiger partial charge on any atom is -0.480 e. The van der Waals surface area contributed by atoms with Crippen LogP contribution in [0.4, 0.5) is 17.6 Å². The van der Waals surface area contributed by atoms with E-state index >= 15 is 0 Å². The Kier molecular flexibility index (Phi) is 4.52. The Morgan fingerprint density at radius 1 is 1.31 bits per heavy atom. The number of alkyl halides is 4. The second-order valence-corrected chi connectivity index (χ2v) is 6.81. The second kappa shape index (κ2) is 6.79. The van der Waals surface area contributed by atoms with E-state index in [2.05, 4.69) is 10.2 Å². The maximum absolute atomic E-state index is 13.7. The van der Waals surface area contributed by atoms with Gasteiger partial charge in [-0.3, -0.25) is 14.6 Å². The minimum absolute atomic E-state index is 0.00984. The van der Waals surface area contributed by atoms with E-state index in [9.17, 15) is 32.3 Å². The van der Waals surface area contributed by atoms with Crippen molar-refractivity contribution in [3.05, 3.63) is 35.2 Å². The molecule has 1 atom stereocenters. The Morgan fingerprint density at radius 3 is 2.72 bits per heavy atom. The summed E-state index contributed by atoms with van der Waals surface area (Å²) in [5, 5.41) is 18.4. The molecule has 0 bridgehead atoms. The van der Waals surface area contributed by atoms with Crippen molar-refractivity contribution in [1.82, 2.24) is 20.2 Å². The Labute approximate surface area is 160 Å². The third-order valence-electron chi connectivity index (χ3n) is 4.92. The molecule has 2 aliphatic heterocycles. The van der Waals surface area contributed by atoms with Gasteiger partial charge in [0.15, 0.2) is 0 Å². The summed E-state index contributed by atoms with van der Waals surface area (Å²) in [6.07, 6.45) is -4.40. The highest BCUT2D eigenvalue weighted by molar-refractivity contribution is 5.99. The second-order valence-electron chi connectivity index (χ2n) is 6.81. The number of halogens is 4. The zero-order valence-corrected chi connectivity index (χ0v) is 14.7. The quantitative estimate of drug-likeness (QED) is 0.768. The summed E-state index contributed by atoms with van der Waals surface area (Å²) >= 11 is 0. The monoisotopic (exact) mass is 414 g/mol. The molecule has 2 aromatic rings. The van der Waals surface area contributed by atoms with E-state index in [-0.39, 0.29) is 30.1 Å². The van der Waals surface area contributed by atoms with Crippen molar-refractivity contribution in [2.45, 2.75) is 37.8 Å². The van der Waals surface area contributed by atoms with Crippen LogP contribution < -0.4 is 0 Å². The van der Waals surface area contributed by atoms with Crippen LogP contribution in [0.3, 0.4) is 0 Å². The van der Waals surface area contributed by atoms with Crippen LogP contribution in [0.15, 0.2) is 22.6 Å². The first-order valence-electron chi connectivity index (χ1n) is 8.60. The summed E-state index contributed by atoms with van der Waals surface area (Å²) in [4.78, 5) is 24.3. The predicted octanol–water partition coefficient (Wildman–Crippen LogP) is 2.73. The average Bonchev–Trinajstić information content (AvgIpc) is 3.26. The highest BCUT2D eigenvalue weighted by Gasteiger charge is 2.47. The first-order valence-corrected chi connectivity index (χ1v) is 8.60. The lowest BCUT2D eigenvalue weighted by atomic mass is 10.00. The lowest BCUT2D eigenvalue weighted by molar-refractivity contribution is -0.171. The van der Waals surface area contributed by atoms with E-state index in [0.717, 1.165) is 10.0 Å². The lowest BCUT2D eigenvalue weighted by Crippen LogP contribution is -2.58. The van der Waals surface area contributed by atoms with Gasteiger partial charge in [-0.05, 0) is 17.7 Å². The zero-order valence-electron chi connectivity index (χ0n) is 14.7. The Hall–Kier alpha value is -3.02. The fourth-order valence-corrected chi connectivity index (χ4v) is 3.49. The first kappa shape index (κ1) is 19.3. The van der Waals surface area contributed by atoms with Crippen molar-refractivity contribution >= 4 is 11.9 Å². The van der Waals surface area contributed by atoms with Crippen LogP contribution in [-0.4, -0.2) is 55.7 Å². The summed E-state index contributed by atoms with van der Waals surface area (Å²) < 4.78 is 57.5. The number of amides is 1. The summed E-state index contributed by atoms with van der Waals surface area (Å²) in [7, 11) is 0. The number of carboxylic acid groups (broad SMARTS) is 1. The number of carbonyl (C=O) groups excluding carboxylic acids is 1. The van der Waals surface area contributed by atoms with Crippen LogP contribution in [0, 0.1) is 0 Å². The molecule has 0 spiro atoms. The van der Waals surface area contributed by atoms with Gasteiger partial charge >= 0.3 is 12.4 Å². The summed E-state index contributed by atoms with van der Waals surface area (Å²) in [5.74, 6) is -6.20. The van der Waals surface area contributed by atoms with Gasteiger partial charge in [0.05, 0.1) is 6.54 Å². The van der Waals surface area contributed by atoms with Crippen LogP contribution in [0.25, 0.3) is 11.5 Å². The van der Waals surface area contributed by atoms with E-state index in [1.807, 2.05) is 0 Å². The van der Waals surface area contributed by atoms with E-state index in [1.165, 1.54) is 12.1 Å². The number of hydrazine groups is 1. The minimum atomic E-state index is -3.12. The Balaban J connectivity index is 1.61. The average molecular weight is 414 g/mol. The number of aromatic nitrogens is 2. The van der Waals surface area contributed by atoms with Crippen molar-refractivity contribution in [3.63, 3.8) is 0 Å². The molecule has 8 nitrogen and oxygen atoms in total. The van der Waals surface area contributed by atoms with Crippen molar-refractivity contribution < 1.29 is 36.7 Å². The molecule has 0 aliphatic carbocycles. The van der Waals surface area contributed by atoms with Gasteiger partial charge in [-0.2, -0.15) is 8.78 Å². The van der Waals surface area contributed by atoms with Crippen molar-refractivity contribution in [3.8, 4) is 11.5 Å². The van der Waals surface area contributed by atoms with Crippen molar-refractivity contribution in [2.75, 3.05) is 6.54 Å². The lowest BCUT2D eigenvalue weighted by Gasteiger charge is -2.41. The molecule has 1 aromatic carbocycles. The molecular weight excluding hydrogens is 400 g/mol. The van der Waals surface area contributed by atoms with Crippen molar-refractivity contribution in [1.29, 1.82) is 0 Å². The number of benzene rings is 1. The number of hydrogen-bond acceptors (Lipinski definition) is 6. The molecule has 1 N–H and O–H groups in total. The van der Waals surface area contributed by atoms with E-state index in [0.29, 0.717) is 5.56 Å². The number of aliphatic carboxylic acids is 1. The van der Waals surface area contributed by atoms with Crippen LogP contribution in [-0.2, 0) is 11.3 Å². The van der Waals surface area contributed by atoms with Gasteiger partial charge in [0.25, 0.3) is 17.7 Å². The van der Waals surface area contributed by atoms with Gasteiger partial charge in [-0.15, -0.1) is 10.2 Å². The molecule has 4 rings (SSSR count). The van der Waals surface area contributed by atoms with E-state index < -0.39 is 49.0 Å². The molecule has 29 heavy (non-hydrogen) atoms. The van der Waals surface area contributed by atoms with Gasteiger partial charge in [0.1, 0.15) is 6.04 Å². The number of hydrogen-bond donors (Lipinski definition) is 1. The summed E-state index contributed by atoms with van der Waals surface area (Å²) in [6.45, 7) is -0.284. The zero-order chi connectivity index (χ0) is 20.9. The number of rotatable bonds is 4. The third kappa shape index (κ3) is 3.43. The number of carbonyl (C=O) groups is 2. The van der Waals surface area contributed by atoms with E-state index in [1.54, 1.807) is 6.07 Å². The molecule has 1 saturated heterocycles. The Bertz CT molecular complexity index is 980. The molecule has 154 valence electrons. The van der Waals surface area contributed by atoms with Gasteiger partial charge < -0.3 is 9.52 Å². The Morgan fingerprint density at radius 2 is 2.07 bits per heavy atom. The van der Waals surface area contributed by atoms with Gasteiger partial charge in [0, 0.05) is 30.5 Å². The number of carboxylic acids is 1. The molecule has 2 aliphatic rings. The van der Waals surface area contributed by atoms with Gasteiger partial charge in [0.2, 0.25) is 5.89 Å². The standard InChI is InChI=1S/C17H14F4N4O4/c18-12(19)14-23-22-13(29-14)8-1-2-9-7-25(15(26)10(9)5-8)24-4-3-17(20,21)6-11(24)16(27)28/h1-2,5,11-12H,3-4,6-7H2,(H,27,28). The van der Waals surface area contributed by atoms with Crippen LogP contribution in [0.5, 0.6) is 0 Å². The topological polar surface area (TPSA) is 99.8 Å². The summed E-state index contributed by atoms with van der Waals surface area (Å²) in [5.41, 5.74) is 0.952. The third-order valence-corrected chi connectivity index (χ3v) is 4.92. The maximum atomic E-state index is 13.7. The van der Waals surface area contributed by atoms with Crippen LogP contribution in [0.2, 0.25) is 0 Å². The molecule has 1 amide bonds. The van der Waals surface area contributed by atoms with Crippen LogP contribution >= 0.6 is 0 Å². The van der Waals surface area contributed by atoms with Crippen LogP contribution in [0.1, 0.15) is 41.1 Å². The number of fused-ring (bicyclic) bond motifs is 1. The molecule has 12 heteroatoms. The molecule has 1 aromatic heterocycles. The SMILES string of the molecule is O=C(O)C1CC(F)(F)CCN1N1Cc2ccc(-c3nnc(C(F)F)o3)cc2C1=O. The normalized spacial score (nSPS) is 21.6. The van der Waals surface area contributed by atoms with Gasteiger partial charge in [-0.25, -0.2) is 13.8 Å². The highest BCUT2D eigenvalue weighted by Crippen LogP contribution is 2.36. The smallest absolute Gasteiger partial charge is 0.323 e. The fourth-order valence-electron chi connectivity index (χ4n) is 3.49. The largest absolute Gasteiger partial charge is 0.480 e. The van der Waals surface area contributed by atoms with E-state index in [4.69, 9.17) is 4.42 Å². The molecule has 0 saturated carbocycles. The maximum Gasteiger partial charge on any atom is 0.323 e. The fraction of sp³-hybridized carbons (Fsp3) is 0.412. The predicted molar refractivity (Wildman–Crippen MR) is 86.9 cm³/mol. The molecule has 3 heterocycles. The summed E-state index contributed by atoms with van der Waals surface area (Å²) in [6, 6.07) is 2.87. The number of nitrogens with zero attached hydrogens (tertiary/aromatic N) is 4. The molecule has 0 radical (unpaired) electrons. The highest BCUT2D eigenvalue weighted by atomic mass is 19.3. The number of piperidine rings is 1. The first-order chi connectivity index (χ1) is 13.7. The molecule has 1 unspecified atom stereocenters. The van der Waals surface area contributed by atoms with Gasteiger partial charge in [-0.1, -0.05) is 6.07 Å². The molecular formula is C17H14F4N4O4.